The van der Waals surface area contributed by atoms with Crippen LogP contribution in [0.4, 0.5) is 0 Å². The lowest BCUT2D eigenvalue weighted by molar-refractivity contribution is -0.147. The summed E-state index contributed by atoms with van der Waals surface area (Å²) in [5.74, 6) is -1.17. The Kier molecular flexibility index (Phi) is 7.40. The van der Waals surface area contributed by atoms with Crippen molar-refractivity contribution in [1.29, 1.82) is 5.26 Å². The van der Waals surface area contributed by atoms with E-state index in [1.807, 2.05) is 6.07 Å². The molecule has 0 aliphatic carbocycles. The highest BCUT2D eigenvalue weighted by molar-refractivity contribution is 8.00. The molecule has 84 valence electrons. The number of hydrogen-bond acceptors (Lipinski definition) is 5. The Bertz CT molecular complexity index is 264. The van der Waals surface area contributed by atoms with E-state index in [9.17, 15) is 9.59 Å². The van der Waals surface area contributed by atoms with Gasteiger partial charge in [0.15, 0.2) is 6.10 Å². The predicted molar refractivity (Wildman–Crippen MR) is 54.2 cm³/mol. The number of rotatable bonds is 7. The summed E-state index contributed by atoms with van der Waals surface area (Å²) in [5.41, 5.74) is 0. The number of carbonyl (C=O) groups is 2. The highest BCUT2D eigenvalue weighted by Gasteiger charge is 2.12. The van der Waals surface area contributed by atoms with Crippen molar-refractivity contribution in [2.75, 3.05) is 18.1 Å². The van der Waals surface area contributed by atoms with Gasteiger partial charge in [-0.05, 0) is 0 Å². The maximum atomic E-state index is 11.0. The van der Waals surface area contributed by atoms with E-state index >= 15 is 0 Å². The van der Waals surface area contributed by atoms with Crippen molar-refractivity contribution in [3.05, 3.63) is 0 Å². The molecule has 0 bridgehead atoms. The minimum Gasteiger partial charge on any atom is -0.479 e. The van der Waals surface area contributed by atoms with E-state index in [1.165, 1.54) is 11.8 Å². The molecule has 0 aliphatic rings. The molecule has 0 radical (unpaired) electrons. The summed E-state index contributed by atoms with van der Waals surface area (Å²) < 4.78 is 0. The van der Waals surface area contributed by atoms with E-state index < -0.39 is 12.1 Å². The van der Waals surface area contributed by atoms with Crippen LogP contribution in [0.5, 0.6) is 0 Å². The van der Waals surface area contributed by atoms with Gasteiger partial charge < -0.3 is 15.5 Å². The number of nitrogens with zero attached hydrogens (tertiary/aromatic N) is 1. The average Bonchev–Trinajstić information content (AvgIpc) is 2.18. The van der Waals surface area contributed by atoms with Gasteiger partial charge in [0.25, 0.3) is 0 Å². The van der Waals surface area contributed by atoms with Gasteiger partial charge in [0.05, 0.1) is 17.6 Å². The Hall–Kier alpha value is -1.26. The summed E-state index contributed by atoms with van der Waals surface area (Å²) in [6, 6.07) is 1.88. The van der Waals surface area contributed by atoms with Crippen molar-refractivity contribution in [3.63, 3.8) is 0 Å². The first-order chi connectivity index (χ1) is 7.07. The smallest absolute Gasteiger partial charge is 0.332 e. The molecule has 1 atom stereocenters. The summed E-state index contributed by atoms with van der Waals surface area (Å²) in [4.78, 5) is 21.2. The van der Waals surface area contributed by atoms with Crippen LogP contribution in [0.1, 0.15) is 6.42 Å². The monoisotopic (exact) mass is 232 g/mol. The van der Waals surface area contributed by atoms with Crippen LogP contribution in [0.3, 0.4) is 0 Å². The highest BCUT2D eigenvalue weighted by Crippen LogP contribution is 1.97. The van der Waals surface area contributed by atoms with E-state index in [4.69, 9.17) is 15.5 Å². The molecule has 0 saturated carbocycles. The van der Waals surface area contributed by atoms with E-state index in [0.29, 0.717) is 0 Å². The van der Waals surface area contributed by atoms with E-state index in [1.54, 1.807) is 0 Å². The fraction of sp³-hybridized carbons (Fsp3) is 0.625. The maximum Gasteiger partial charge on any atom is 0.332 e. The van der Waals surface area contributed by atoms with Crippen LogP contribution in [0.15, 0.2) is 0 Å². The molecule has 0 fully saturated rings. The quantitative estimate of drug-likeness (QED) is 0.495. The van der Waals surface area contributed by atoms with Gasteiger partial charge in [-0.3, -0.25) is 4.79 Å². The van der Waals surface area contributed by atoms with Gasteiger partial charge in [-0.25, -0.2) is 4.79 Å². The molecule has 6 nitrogen and oxygen atoms in total. The van der Waals surface area contributed by atoms with Crippen molar-refractivity contribution in [1.82, 2.24) is 5.32 Å². The first-order valence-corrected chi connectivity index (χ1v) is 5.35. The van der Waals surface area contributed by atoms with Crippen LogP contribution in [-0.2, 0) is 9.59 Å². The Labute approximate surface area is 91.3 Å². The van der Waals surface area contributed by atoms with Crippen LogP contribution in [0.2, 0.25) is 0 Å². The largest absolute Gasteiger partial charge is 0.479 e. The van der Waals surface area contributed by atoms with Gasteiger partial charge in [0.1, 0.15) is 0 Å². The Balaban J connectivity index is 3.47. The molecule has 15 heavy (non-hydrogen) atoms. The summed E-state index contributed by atoms with van der Waals surface area (Å²) in [6.07, 6.45) is -1.47. The molecule has 3 N–H and O–H groups in total. The first kappa shape index (κ1) is 13.7. The fourth-order valence-electron chi connectivity index (χ4n) is 0.712. The van der Waals surface area contributed by atoms with Gasteiger partial charge in [0, 0.05) is 13.0 Å². The zero-order valence-corrected chi connectivity index (χ0v) is 8.79. The SMILES string of the molecule is N#CCSCC(=O)NCC[C@H](O)C(=O)O. The Morgan fingerprint density at radius 3 is 2.73 bits per heavy atom. The van der Waals surface area contributed by atoms with Crippen LogP contribution in [0, 0.1) is 11.3 Å². The highest BCUT2D eigenvalue weighted by atomic mass is 32.2. The van der Waals surface area contributed by atoms with Crippen LogP contribution >= 0.6 is 11.8 Å². The third-order valence-corrected chi connectivity index (χ3v) is 2.22. The van der Waals surface area contributed by atoms with E-state index in [-0.39, 0.29) is 30.4 Å². The molecule has 0 aliphatic heterocycles. The number of carboxylic acids is 1. The fourth-order valence-corrected chi connectivity index (χ4v) is 1.19. The van der Waals surface area contributed by atoms with Crippen LogP contribution in [-0.4, -0.2) is 46.2 Å². The van der Waals surface area contributed by atoms with Gasteiger partial charge in [-0.15, -0.1) is 11.8 Å². The number of thioether (sulfide) groups is 1. The summed E-state index contributed by atoms with van der Waals surface area (Å²) in [7, 11) is 0. The Morgan fingerprint density at radius 1 is 1.53 bits per heavy atom. The maximum absolute atomic E-state index is 11.0. The second-order valence-corrected chi connectivity index (χ2v) is 3.63. The number of aliphatic hydroxyl groups is 1. The lowest BCUT2D eigenvalue weighted by atomic mass is 10.2. The zero-order chi connectivity index (χ0) is 11.7. The number of carboxylic acid groups (broad SMARTS) is 1. The lowest BCUT2D eigenvalue weighted by Crippen LogP contribution is -2.31. The zero-order valence-electron chi connectivity index (χ0n) is 7.97. The van der Waals surface area contributed by atoms with Crippen molar-refractivity contribution < 1.29 is 19.8 Å². The molecular weight excluding hydrogens is 220 g/mol. The van der Waals surface area contributed by atoms with Crippen molar-refractivity contribution >= 4 is 23.6 Å². The van der Waals surface area contributed by atoms with Gasteiger partial charge in [-0.1, -0.05) is 0 Å². The van der Waals surface area contributed by atoms with Crippen molar-refractivity contribution in [2.45, 2.75) is 12.5 Å². The molecule has 7 heteroatoms. The number of nitrogens with one attached hydrogen (secondary N) is 1. The molecule has 0 aromatic heterocycles. The lowest BCUT2D eigenvalue weighted by Gasteiger charge is -2.06. The molecule has 1 amide bonds. The Morgan fingerprint density at radius 2 is 2.20 bits per heavy atom. The van der Waals surface area contributed by atoms with Gasteiger partial charge in [0.2, 0.25) is 5.91 Å². The molecule has 0 spiro atoms. The molecule has 0 rings (SSSR count). The predicted octanol–water partition coefficient (Wildman–Crippen LogP) is -0.805. The van der Waals surface area contributed by atoms with Crippen LogP contribution < -0.4 is 5.32 Å². The number of carbonyl (C=O) groups excluding carboxylic acids is 1. The second-order valence-electron chi connectivity index (χ2n) is 2.64. The minimum atomic E-state index is -1.45. The normalized spacial score (nSPS) is 11.5. The summed E-state index contributed by atoms with van der Waals surface area (Å²) in [6.45, 7) is 0.111. The van der Waals surface area contributed by atoms with Gasteiger partial charge >= 0.3 is 5.97 Å². The minimum absolute atomic E-state index is 0.0238. The first-order valence-electron chi connectivity index (χ1n) is 4.20. The summed E-state index contributed by atoms with van der Waals surface area (Å²) in [5, 5.41) is 27.8. The third kappa shape index (κ3) is 7.78. The number of nitriles is 1. The number of aliphatic carboxylic acids is 1. The average molecular weight is 232 g/mol. The molecule has 0 heterocycles. The molecule has 0 aromatic rings. The van der Waals surface area contributed by atoms with Crippen molar-refractivity contribution in [3.8, 4) is 6.07 Å². The van der Waals surface area contributed by atoms with E-state index in [2.05, 4.69) is 5.32 Å². The van der Waals surface area contributed by atoms with Crippen molar-refractivity contribution in [2.24, 2.45) is 0 Å². The molecule has 0 saturated heterocycles. The second kappa shape index (κ2) is 8.08. The number of hydrogen-bond donors (Lipinski definition) is 3. The van der Waals surface area contributed by atoms with E-state index in [0.717, 1.165) is 0 Å². The number of amides is 1. The molecular formula is C8H12N2O4S. The number of aliphatic hydroxyl groups excluding tert-OH is 1. The van der Waals surface area contributed by atoms with Crippen LogP contribution in [0.25, 0.3) is 0 Å². The molecule has 0 aromatic carbocycles. The third-order valence-electron chi connectivity index (χ3n) is 1.42. The summed E-state index contributed by atoms with van der Waals surface area (Å²) >= 11 is 1.17. The van der Waals surface area contributed by atoms with Gasteiger partial charge in [-0.2, -0.15) is 5.26 Å². The standard InChI is InChI=1S/C8H12N2O4S/c9-2-4-15-5-7(12)10-3-1-6(11)8(13)14/h6,11H,1,3-5H2,(H,10,12)(H,13,14)/t6-/m0/s1. The molecule has 0 unspecified atom stereocenters. The topological polar surface area (TPSA) is 110 Å².